The second-order valence-corrected chi connectivity index (χ2v) is 6.07. The van der Waals surface area contributed by atoms with Crippen LogP contribution in [0.2, 0.25) is 0 Å². The molecule has 4 heteroatoms. The van der Waals surface area contributed by atoms with Crippen LogP contribution in [-0.2, 0) is 17.6 Å². The number of hydrogen-bond acceptors (Lipinski definition) is 2. The predicted molar refractivity (Wildman–Crippen MR) is 82.4 cm³/mol. The Morgan fingerprint density at radius 3 is 2.43 bits per heavy atom. The highest BCUT2D eigenvalue weighted by molar-refractivity contribution is 5.74. The smallest absolute Gasteiger partial charge is 0.317 e. The third-order valence-corrected chi connectivity index (χ3v) is 4.75. The molecule has 0 unspecified atom stereocenters. The zero-order chi connectivity index (χ0) is 14.7. The van der Waals surface area contributed by atoms with Crippen LogP contribution in [0.25, 0.3) is 0 Å². The van der Waals surface area contributed by atoms with Crippen molar-refractivity contribution in [2.75, 3.05) is 20.2 Å². The molecule has 114 valence electrons. The molecule has 21 heavy (non-hydrogen) atoms. The molecule has 4 nitrogen and oxygen atoms in total. The van der Waals surface area contributed by atoms with Gasteiger partial charge in [0.25, 0.3) is 0 Å². The van der Waals surface area contributed by atoms with E-state index < -0.39 is 0 Å². The topological polar surface area (TPSA) is 41.6 Å². The van der Waals surface area contributed by atoms with Gasteiger partial charge in [-0.3, -0.25) is 0 Å². The molecule has 1 heterocycles. The third-order valence-electron chi connectivity index (χ3n) is 4.75. The lowest BCUT2D eigenvalue weighted by molar-refractivity contribution is 0.107. The Hall–Kier alpha value is -1.55. The van der Waals surface area contributed by atoms with Crippen LogP contribution in [0.5, 0.6) is 0 Å². The summed E-state index contributed by atoms with van der Waals surface area (Å²) in [7, 11) is 1.75. The lowest BCUT2D eigenvalue weighted by Crippen LogP contribution is -2.45. The molecule has 1 aromatic carbocycles. The van der Waals surface area contributed by atoms with E-state index in [4.69, 9.17) is 4.74 Å². The zero-order valence-corrected chi connectivity index (χ0v) is 12.7. The normalized spacial score (nSPS) is 25.3. The van der Waals surface area contributed by atoms with Gasteiger partial charge in [-0.25, -0.2) is 4.79 Å². The number of amides is 2. The Balaban J connectivity index is 1.55. The van der Waals surface area contributed by atoms with Crippen molar-refractivity contribution >= 4 is 6.03 Å². The number of carbonyl (C=O) groups excluding carboxylic acids is 1. The number of methoxy groups -OCH3 is 1. The van der Waals surface area contributed by atoms with Crippen molar-refractivity contribution < 1.29 is 9.53 Å². The van der Waals surface area contributed by atoms with Gasteiger partial charge < -0.3 is 15.0 Å². The van der Waals surface area contributed by atoms with Gasteiger partial charge in [0.2, 0.25) is 0 Å². The van der Waals surface area contributed by atoms with Gasteiger partial charge in [0.1, 0.15) is 0 Å². The fraction of sp³-hybridized carbons (Fsp3) is 0.588. The molecule has 1 N–H and O–H groups in total. The SMILES string of the molecule is CO[C@H]1CC[C@H](NC(=O)N2CCc3ccccc3CC2)C1. The van der Waals surface area contributed by atoms with E-state index in [-0.39, 0.29) is 12.1 Å². The highest BCUT2D eigenvalue weighted by Crippen LogP contribution is 2.22. The first-order chi connectivity index (χ1) is 10.3. The monoisotopic (exact) mass is 288 g/mol. The summed E-state index contributed by atoms with van der Waals surface area (Å²) in [5.74, 6) is 0. The molecule has 3 rings (SSSR count). The Morgan fingerprint density at radius 1 is 1.19 bits per heavy atom. The largest absolute Gasteiger partial charge is 0.381 e. The molecule has 1 aliphatic carbocycles. The number of nitrogens with one attached hydrogen (secondary N) is 1. The molecule has 0 saturated heterocycles. The van der Waals surface area contributed by atoms with Crippen LogP contribution in [0, 0.1) is 0 Å². The van der Waals surface area contributed by atoms with E-state index in [1.807, 2.05) is 4.90 Å². The number of rotatable bonds is 2. The van der Waals surface area contributed by atoms with Gasteiger partial charge in [0.05, 0.1) is 6.10 Å². The molecule has 1 fully saturated rings. The number of carbonyl (C=O) groups is 1. The highest BCUT2D eigenvalue weighted by atomic mass is 16.5. The van der Waals surface area contributed by atoms with Gasteiger partial charge in [-0.2, -0.15) is 0 Å². The van der Waals surface area contributed by atoms with Crippen LogP contribution in [0.3, 0.4) is 0 Å². The van der Waals surface area contributed by atoms with Crippen molar-refractivity contribution in [2.24, 2.45) is 0 Å². The van der Waals surface area contributed by atoms with Crippen LogP contribution in [-0.4, -0.2) is 43.3 Å². The lowest BCUT2D eigenvalue weighted by Gasteiger charge is -2.23. The Kier molecular flexibility index (Phi) is 4.44. The van der Waals surface area contributed by atoms with Crippen molar-refractivity contribution in [3.8, 4) is 0 Å². The summed E-state index contributed by atoms with van der Waals surface area (Å²) in [6, 6.07) is 8.88. The van der Waals surface area contributed by atoms with Crippen LogP contribution >= 0.6 is 0 Å². The number of fused-ring (bicyclic) bond motifs is 1. The molecular formula is C17H24N2O2. The molecular weight excluding hydrogens is 264 g/mol. The van der Waals surface area contributed by atoms with E-state index in [1.54, 1.807) is 7.11 Å². The minimum absolute atomic E-state index is 0.0876. The summed E-state index contributed by atoms with van der Waals surface area (Å²) >= 11 is 0. The molecule has 1 aliphatic heterocycles. The standard InChI is InChI=1S/C17H24N2O2/c1-21-16-7-6-15(12-16)18-17(20)19-10-8-13-4-2-3-5-14(13)9-11-19/h2-5,15-16H,6-12H2,1H3,(H,18,20)/t15-,16-/m0/s1. The average Bonchev–Trinajstić information content (AvgIpc) is 2.84. The molecule has 0 radical (unpaired) electrons. The fourth-order valence-corrected chi connectivity index (χ4v) is 3.42. The van der Waals surface area contributed by atoms with Gasteiger partial charge in [-0.05, 0) is 43.2 Å². The maximum atomic E-state index is 12.4. The minimum Gasteiger partial charge on any atom is -0.381 e. The van der Waals surface area contributed by atoms with E-state index in [2.05, 4.69) is 29.6 Å². The lowest BCUT2D eigenvalue weighted by atomic mass is 10.0. The second kappa shape index (κ2) is 6.48. The van der Waals surface area contributed by atoms with Crippen molar-refractivity contribution in [1.29, 1.82) is 0 Å². The minimum atomic E-state index is 0.0876. The Bertz CT molecular complexity index is 476. The molecule has 0 spiro atoms. The second-order valence-electron chi connectivity index (χ2n) is 6.07. The molecule has 0 aromatic heterocycles. The Morgan fingerprint density at radius 2 is 1.86 bits per heavy atom. The predicted octanol–water partition coefficient (Wildman–Crippen LogP) is 2.36. The van der Waals surface area contributed by atoms with Gasteiger partial charge in [0.15, 0.2) is 0 Å². The summed E-state index contributed by atoms with van der Waals surface area (Å²) in [4.78, 5) is 14.4. The van der Waals surface area contributed by atoms with E-state index in [1.165, 1.54) is 11.1 Å². The zero-order valence-electron chi connectivity index (χ0n) is 12.7. The summed E-state index contributed by atoms with van der Waals surface area (Å²) in [6.07, 6.45) is 5.23. The van der Waals surface area contributed by atoms with Crippen molar-refractivity contribution in [3.05, 3.63) is 35.4 Å². The van der Waals surface area contributed by atoms with E-state index >= 15 is 0 Å². The van der Waals surface area contributed by atoms with Crippen LogP contribution < -0.4 is 5.32 Å². The van der Waals surface area contributed by atoms with Crippen molar-refractivity contribution in [2.45, 2.75) is 44.2 Å². The first kappa shape index (κ1) is 14.4. The number of urea groups is 1. The number of hydrogen-bond donors (Lipinski definition) is 1. The maximum absolute atomic E-state index is 12.4. The van der Waals surface area contributed by atoms with Crippen LogP contribution in [0.1, 0.15) is 30.4 Å². The summed E-state index contributed by atoms with van der Waals surface area (Å²) in [6.45, 7) is 1.62. The summed E-state index contributed by atoms with van der Waals surface area (Å²) in [5.41, 5.74) is 2.77. The van der Waals surface area contributed by atoms with Gasteiger partial charge in [-0.1, -0.05) is 24.3 Å². The summed E-state index contributed by atoms with van der Waals surface area (Å²) in [5, 5.41) is 3.17. The maximum Gasteiger partial charge on any atom is 0.317 e. The van der Waals surface area contributed by atoms with Crippen LogP contribution in [0.4, 0.5) is 4.79 Å². The third kappa shape index (κ3) is 3.38. The molecule has 2 aliphatic rings. The number of ether oxygens (including phenoxy) is 1. The van der Waals surface area contributed by atoms with E-state index in [0.717, 1.165) is 45.2 Å². The van der Waals surface area contributed by atoms with Gasteiger partial charge >= 0.3 is 6.03 Å². The quantitative estimate of drug-likeness (QED) is 0.907. The molecule has 1 aromatic rings. The first-order valence-electron chi connectivity index (χ1n) is 7.91. The number of benzene rings is 1. The molecule has 1 saturated carbocycles. The van der Waals surface area contributed by atoms with Crippen molar-refractivity contribution in [1.82, 2.24) is 10.2 Å². The van der Waals surface area contributed by atoms with E-state index in [9.17, 15) is 4.79 Å². The van der Waals surface area contributed by atoms with Crippen LogP contribution in [0.15, 0.2) is 24.3 Å². The molecule has 2 amide bonds. The Labute approximate surface area is 126 Å². The van der Waals surface area contributed by atoms with Crippen molar-refractivity contribution in [3.63, 3.8) is 0 Å². The number of nitrogens with zero attached hydrogens (tertiary/aromatic N) is 1. The molecule has 2 atom stereocenters. The first-order valence-corrected chi connectivity index (χ1v) is 7.91. The average molecular weight is 288 g/mol. The molecule has 0 bridgehead atoms. The van der Waals surface area contributed by atoms with Gasteiger partial charge in [-0.15, -0.1) is 0 Å². The van der Waals surface area contributed by atoms with E-state index in [0.29, 0.717) is 6.10 Å². The van der Waals surface area contributed by atoms with Gasteiger partial charge in [0, 0.05) is 26.2 Å². The summed E-state index contributed by atoms with van der Waals surface area (Å²) < 4.78 is 5.37. The fourth-order valence-electron chi connectivity index (χ4n) is 3.42. The highest BCUT2D eigenvalue weighted by Gasteiger charge is 2.27.